The SMILES string of the molecule is N#Cc1ccccc1C(=O)N1CCc2cc(=O)n(-c3ccc(F)cc3)cc2C1. The van der Waals surface area contributed by atoms with Crippen molar-refractivity contribution in [3.05, 3.63) is 99.2 Å². The maximum absolute atomic E-state index is 13.2. The highest BCUT2D eigenvalue weighted by atomic mass is 19.1. The van der Waals surface area contributed by atoms with Gasteiger partial charge in [0.25, 0.3) is 11.5 Å². The second-order valence-electron chi connectivity index (χ2n) is 6.64. The third-order valence-corrected chi connectivity index (χ3v) is 4.91. The van der Waals surface area contributed by atoms with Gasteiger partial charge in [0.1, 0.15) is 5.82 Å². The lowest BCUT2D eigenvalue weighted by molar-refractivity contribution is 0.0734. The topological polar surface area (TPSA) is 66.1 Å². The van der Waals surface area contributed by atoms with Gasteiger partial charge in [-0.25, -0.2) is 4.39 Å². The van der Waals surface area contributed by atoms with Gasteiger partial charge in [-0.05, 0) is 53.9 Å². The van der Waals surface area contributed by atoms with Gasteiger partial charge in [0, 0.05) is 31.0 Å². The van der Waals surface area contributed by atoms with E-state index in [1.807, 2.05) is 0 Å². The third-order valence-electron chi connectivity index (χ3n) is 4.91. The normalized spacial score (nSPS) is 12.9. The molecule has 0 atom stereocenters. The Kier molecular flexibility index (Phi) is 4.50. The predicted octanol–water partition coefficient (Wildman–Crippen LogP) is 3.05. The van der Waals surface area contributed by atoms with Crippen molar-refractivity contribution >= 4 is 5.91 Å². The number of carbonyl (C=O) groups excluding carboxylic acids is 1. The molecule has 0 saturated heterocycles. The minimum atomic E-state index is -0.373. The van der Waals surface area contributed by atoms with Crippen LogP contribution >= 0.6 is 0 Å². The highest BCUT2D eigenvalue weighted by Crippen LogP contribution is 2.21. The van der Waals surface area contributed by atoms with E-state index in [1.54, 1.807) is 41.4 Å². The van der Waals surface area contributed by atoms with Gasteiger partial charge < -0.3 is 4.90 Å². The quantitative estimate of drug-likeness (QED) is 0.693. The second-order valence-corrected chi connectivity index (χ2v) is 6.64. The predicted molar refractivity (Wildman–Crippen MR) is 102 cm³/mol. The fourth-order valence-corrected chi connectivity index (χ4v) is 3.44. The maximum atomic E-state index is 13.2. The first-order valence-electron chi connectivity index (χ1n) is 8.85. The molecule has 3 aromatic rings. The van der Waals surface area contributed by atoms with Gasteiger partial charge in [-0.15, -0.1) is 0 Å². The minimum absolute atomic E-state index is 0.194. The minimum Gasteiger partial charge on any atom is -0.334 e. The highest BCUT2D eigenvalue weighted by molar-refractivity contribution is 5.96. The molecule has 6 heteroatoms. The molecule has 28 heavy (non-hydrogen) atoms. The van der Waals surface area contributed by atoms with E-state index < -0.39 is 0 Å². The molecule has 1 aromatic heterocycles. The Hall–Kier alpha value is -3.72. The van der Waals surface area contributed by atoms with Gasteiger partial charge in [0.05, 0.1) is 17.2 Å². The average molecular weight is 373 g/mol. The molecular formula is C22H16FN3O2. The van der Waals surface area contributed by atoms with E-state index >= 15 is 0 Å². The van der Waals surface area contributed by atoms with Crippen molar-refractivity contribution in [1.29, 1.82) is 5.26 Å². The summed E-state index contributed by atoms with van der Waals surface area (Å²) >= 11 is 0. The number of fused-ring (bicyclic) bond motifs is 1. The highest BCUT2D eigenvalue weighted by Gasteiger charge is 2.24. The van der Waals surface area contributed by atoms with Crippen LogP contribution in [0.5, 0.6) is 0 Å². The zero-order valence-corrected chi connectivity index (χ0v) is 14.9. The number of amides is 1. The molecule has 0 saturated carbocycles. The number of pyridine rings is 1. The Bertz CT molecular complexity index is 1160. The monoisotopic (exact) mass is 373 g/mol. The van der Waals surface area contributed by atoms with Crippen molar-refractivity contribution in [2.24, 2.45) is 0 Å². The third kappa shape index (κ3) is 3.19. The summed E-state index contributed by atoms with van der Waals surface area (Å²) in [6, 6.07) is 16.0. The Balaban J connectivity index is 1.67. The molecule has 138 valence electrons. The van der Waals surface area contributed by atoms with Crippen LogP contribution in [0.2, 0.25) is 0 Å². The number of carbonyl (C=O) groups is 1. The number of hydrogen-bond acceptors (Lipinski definition) is 3. The summed E-state index contributed by atoms with van der Waals surface area (Å²) in [4.78, 5) is 27.0. The van der Waals surface area contributed by atoms with Crippen molar-refractivity contribution in [2.75, 3.05) is 6.54 Å². The van der Waals surface area contributed by atoms with Crippen LogP contribution < -0.4 is 5.56 Å². The van der Waals surface area contributed by atoms with Gasteiger partial charge in [-0.3, -0.25) is 14.2 Å². The number of aromatic nitrogens is 1. The number of hydrogen-bond donors (Lipinski definition) is 0. The fraction of sp³-hybridized carbons (Fsp3) is 0.136. The maximum Gasteiger partial charge on any atom is 0.255 e. The van der Waals surface area contributed by atoms with Crippen molar-refractivity contribution in [2.45, 2.75) is 13.0 Å². The smallest absolute Gasteiger partial charge is 0.255 e. The standard InChI is InChI=1S/C22H16FN3O2/c23-18-5-7-19(8-6-18)26-14-17-13-25(10-9-15(17)11-21(26)27)22(28)20-4-2-1-3-16(20)12-24/h1-8,11,14H,9-10,13H2. The molecule has 0 N–H and O–H groups in total. The second kappa shape index (κ2) is 7.12. The van der Waals surface area contributed by atoms with Crippen LogP contribution in [-0.4, -0.2) is 21.9 Å². The Labute approximate surface area is 160 Å². The molecule has 1 amide bonds. The summed E-state index contributed by atoms with van der Waals surface area (Å²) in [5, 5.41) is 9.25. The number of halogens is 1. The van der Waals surface area contributed by atoms with Crippen molar-refractivity contribution < 1.29 is 9.18 Å². The Morgan fingerprint density at radius 2 is 1.82 bits per heavy atom. The van der Waals surface area contributed by atoms with E-state index in [0.29, 0.717) is 36.3 Å². The van der Waals surface area contributed by atoms with Crippen LogP contribution in [0.3, 0.4) is 0 Å². The molecule has 0 fully saturated rings. The number of rotatable bonds is 2. The first-order chi connectivity index (χ1) is 13.6. The molecule has 0 aliphatic carbocycles. The lowest BCUT2D eigenvalue weighted by Crippen LogP contribution is -2.37. The van der Waals surface area contributed by atoms with Crippen molar-refractivity contribution in [1.82, 2.24) is 9.47 Å². The summed E-state index contributed by atoms with van der Waals surface area (Å²) in [5.41, 5.74) is 2.85. The van der Waals surface area contributed by atoms with Crippen LogP contribution in [0.15, 0.2) is 65.6 Å². The zero-order chi connectivity index (χ0) is 19.7. The van der Waals surface area contributed by atoms with Gasteiger partial charge in [-0.2, -0.15) is 5.26 Å². The van der Waals surface area contributed by atoms with E-state index in [-0.39, 0.29) is 17.3 Å². The van der Waals surface area contributed by atoms with Crippen LogP contribution in [0.25, 0.3) is 5.69 Å². The van der Waals surface area contributed by atoms with Crippen LogP contribution in [0.4, 0.5) is 4.39 Å². The lowest BCUT2D eigenvalue weighted by Gasteiger charge is -2.29. The van der Waals surface area contributed by atoms with E-state index in [4.69, 9.17) is 0 Å². The van der Waals surface area contributed by atoms with E-state index in [2.05, 4.69) is 6.07 Å². The van der Waals surface area contributed by atoms with E-state index in [0.717, 1.165) is 11.1 Å². The van der Waals surface area contributed by atoms with Crippen molar-refractivity contribution in [3.63, 3.8) is 0 Å². The fourth-order valence-electron chi connectivity index (χ4n) is 3.44. The molecule has 5 nitrogen and oxygen atoms in total. The number of nitrogens with zero attached hydrogens (tertiary/aromatic N) is 3. The molecule has 0 bridgehead atoms. The number of nitriles is 1. The summed E-state index contributed by atoms with van der Waals surface area (Å²) in [5.74, 6) is -0.579. The summed E-state index contributed by atoms with van der Waals surface area (Å²) in [6.45, 7) is 0.820. The lowest BCUT2D eigenvalue weighted by atomic mass is 10.00. The molecule has 0 spiro atoms. The molecule has 1 aliphatic heterocycles. The van der Waals surface area contributed by atoms with Gasteiger partial charge >= 0.3 is 0 Å². The Morgan fingerprint density at radius 1 is 1.07 bits per heavy atom. The van der Waals surface area contributed by atoms with E-state index in [9.17, 15) is 19.2 Å². The first-order valence-corrected chi connectivity index (χ1v) is 8.85. The van der Waals surface area contributed by atoms with Crippen LogP contribution in [0, 0.1) is 17.1 Å². The van der Waals surface area contributed by atoms with Crippen LogP contribution in [0.1, 0.15) is 27.0 Å². The summed E-state index contributed by atoms with van der Waals surface area (Å²) < 4.78 is 14.6. The molecule has 2 heterocycles. The molecule has 4 rings (SSSR count). The van der Waals surface area contributed by atoms with Gasteiger partial charge in [0.2, 0.25) is 0 Å². The molecule has 0 unspecified atom stereocenters. The van der Waals surface area contributed by atoms with Gasteiger partial charge in [-0.1, -0.05) is 12.1 Å². The van der Waals surface area contributed by atoms with Gasteiger partial charge in [0.15, 0.2) is 0 Å². The number of benzene rings is 2. The molecule has 0 radical (unpaired) electrons. The first kappa shape index (κ1) is 17.7. The largest absolute Gasteiger partial charge is 0.334 e. The zero-order valence-electron chi connectivity index (χ0n) is 14.9. The van der Waals surface area contributed by atoms with E-state index in [1.165, 1.54) is 28.8 Å². The average Bonchev–Trinajstić information content (AvgIpc) is 2.73. The Morgan fingerprint density at radius 3 is 2.57 bits per heavy atom. The molecule has 2 aromatic carbocycles. The summed E-state index contributed by atoms with van der Waals surface area (Å²) in [7, 11) is 0. The summed E-state index contributed by atoms with van der Waals surface area (Å²) in [6.07, 6.45) is 2.27. The van der Waals surface area contributed by atoms with Crippen molar-refractivity contribution in [3.8, 4) is 11.8 Å². The van der Waals surface area contributed by atoms with Crippen LogP contribution in [-0.2, 0) is 13.0 Å². The molecule has 1 aliphatic rings. The molecular weight excluding hydrogens is 357 g/mol.